The van der Waals surface area contributed by atoms with Crippen LogP contribution in [0.2, 0.25) is 0 Å². The van der Waals surface area contributed by atoms with E-state index in [1.165, 1.54) is 31.2 Å². The fourth-order valence-electron chi connectivity index (χ4n) is 1.79. The largest absolute Gasteiger partial charge is 0.478 e. The Morgan fingerprint density at radius 3 is 2.42 bits per heavy atom. The number of hydrogen-bond acceptors (Lipinski definition) is 3. The zero-order chi connectivity index (χ0) is 17.4. The van der Waals surface area contributed by atoms with E-state index in [0.29, 0.717) is 0 Å². The molecule has 0 fully saturated rings. The zero-order valence-electron chi connectivity index (χ0n) is 13.0. The monoisotopic (exact) mass is 328 g/mol. The lowest BCUT2D eigenvalue weighted by molar-refractivity contribution is -0.131. The molecule has 0 heterocycles. The first-order valence-corrected chi connectivity index (χ1v) is 7.30. The van der Waals surface area contributed by atoms with Crippen LogP contribution in [-0.2, 0) is 9.59 Å². The highest BCUT2D eigenvalue weighted by molar-refractivity contribution is 5.93. The third-order valence-electron chi connectivity index (χ3n) is 3.05. The summed E-state index contributed by atoms with van der Waals surface area (Å²) in [6.45, 7) is 1.45. The number of carbonyl (C=O) groups excluding carboxylic acids is 2. The lowest BCUT2D eigenvalue weighted by Crippen LogP contribution is -2.46. The number of halogens is 1. The summed E-state index contributed by atoms with van der Waals surface area (Å²) in [4.78, 5) is 23.5. The van der Waals surface area contributed by atoms with E-state index in [1.807, 2.05) is 30.3 Å². The number of ether oxygens (including phenoxy) is 1. The van der Waals surface area contributed by atoms with Crippen LogP contribution < -0.4 is 15.6 Å². The van der Waals surface area contributed by atoms with Crippen molar-refractivity contribution in [3.8, 4) is 5.75 Å². The Hall–Kier alpha value is -3.15. The number of para-hydroxylation sites is 1. The highest BCUT2D eigenvalue weighted by atomic mass is 19.1. The molecule has 0 aliphatic carbocycles. The molecule has 0 saturated heterocycles. The van der Waals surface area contributed by atoms with Crippen LogP contribution in [-0.4, -0.2) is 17.9 Å². The van der Waals surface area contributed by atoms with Gasteiger partial charge in [0.05, 0.1) is 0 Å². The molecule has 0 radical (unpaired) electrons. The van der Waals surface area contributed by atoms with Crippen LogP contribution in [0.5, 0.6) is 5.75 Å². The van der Waals surface area contributed by atoms with Gasteiger partial charge in [-0.2, -0.15) is 0 Å². The summed E-state index contributed by atoms with van der Waals surface area (Å²) in [5.74, 6) is -1.69. The number of carbonyl (C=O) groups is 2. The maximum Gasteiger partial charge on any atom is 0.279 e. The third-order valence-corrected chi connectivity index (χ3v) is 3.05. The quantitative estimate of drug-likeness (QED) is 0.654. The topological polar surface area (TPSA) is 67.4 Å². The van der Waals surface area contributed by atoms with Crippen LogP contribution in [0.15, 0.2) is 60.7 Å². The van der Waals surface area contributed by atoms with Crippen molar-refractivity contribution in [2.24, 2.45) is 0 Å². The van der Waals surface area contributed by atoms with Gasteiger partial charge in [-0.3, -0.25) is 20.4 Å². The molecule has 2 aromatic rings. The zero-order valence-corrected chi connectivity index (χ0v) is 13.0. The molecule has 124 valence electrons. The number of hydrogen-bond donors (Lipinski definition) is 2. The van der Waals surface area contributed by atoms with Gasteiger partial charge in [-0.25, -0.2) is 4.39 Å². The lowest BCUT2D eigenvalue weighted by atomic mass is 10.2. The smallest absolute Gasteiger partial charge is 0.279 e. The van der Waals surface area contributed by atoms with Gasteiger partial charge in [0.1, 0.15) is 0 Å². The van der Waals surface area contributed by atoms with Crippen molar-refractivity contribution in [2.75, 3.05) is 0 Å². The average molecular weight is 328 g/mol. The highest BCUT2D eigenvalue weighted by Gasteiger charge is 2.16. The van der Waals surface area contributed by atoms with Crippen molar-refractivity contribution in [3.63, 3.8) is 0 Å². The molecule has 0 aliphatic heterocycles. The molecule has 0 spiro atoms. The minimum Gasteiger partial charge on any atom is -0.478 e. The molecule has 0 aliphatic rings. The lowest BCUT2D eigenvalue weighted by Gasteiger charge is -2.15. The summed E-state index contributed by atoms with van der Waals surface area (Å²) in [5, 5.41) is 0. The first-order chi connectivity index (χ1) is 11.6. The van der Waals surface area contributed by atoms with E-state index < -0.39 is 23.7 Å². The summed E-state index contributed by atoms with van der Waals surface area (Å²) in [6.07, 6.45) is 1.93. The SMILES string of the molecule is CC(Oc1ccccc1F)C(=O)NNC(=O)/C=C/c1ccccc1. The van der Waals surface area contributed by atoms with Crippen molar-refractivity contribution in [2.45, 2.75) is 13.0 Å². The van der Waals surface area contributed by atoms with Crippen LogP contribution in [0.4, 0.5) is 4.39 Å². The molecular weight excluding hydrogens is 311 g/mol. The first kappa shape index (κ1) is 17.2. The highest BCUT2D eigenvalue weighted by Crippen LogP contribution is 2.16. The summed E-state index contributed by atoms with van der Waals surface area (Å²) in [7, 11) is 0. The van der Waals surface area contributed by atoms with E-state index >= 15 is 0 Å². The average Bonchev–Trinajstić information content (AvgIpc) is 2.60. The molecule has 2 amide bonds. The van der Waals surface area contributed by atoms with Gasteiger partial charge < -0.3 is 4.74 Å². The van der Waals surface area contributed by atoms with E-state index in [4.69, 9.17) is 4.74 Å². The van der Waals surface area contributed by atoms with Gasteiger partial charge in [0.15, 0.2) is 17.7 Å². The van der Waals surface area contributed by atoms with Gasteiger partial charge in [-0.15, -0.1) is 0 Å². The Balaban J connectivity index is 1.80. The van der Waals surface area contributed by atoms with Gasteiger partial charge in [0.25, 0.3) is 11.8 Å². The van der Waals surface area contributed by atoms with E-state index in [0.717, 1.165) is 5.56 Å². The Morgan fingerprint density at radius 1 is 1.04 bits per heavy atom. The number of hydrazine groups is 1. The Bertz CT molecular complexity index is 732. The normalized spacial score (nSPS) is 11.8. The molecule has 1 atom stereocenters. The molecule has 6 heteroatoms. The molecular formula is C18H17FN2O3. The van der Waals surface area contributed by atoms with Crippen LogP contribution in [0.3, 0.4) is 0 Å². The predicted octanol–water partition coefficient (Wildman–Crippen LogP) is 2.45. The van der Waals surface area contributed by atoms with Crippen molar-refractivity contribution >= 4 is 17.9 Å². The fraction of sp³-hybridized carbons (Fsp3) is 0.111. The van der Waals surface area contributed by atoms with Crippen molar-refractivity contribution < 1.29 is 18.7 Å². The minimum atomic E-state index is -0.972. The van der Waals surface area contributed by atoms with E-state index in [-0.39, 0.29) is 5.75 Å². The number of nitrogens with one attached hydrogen (secondary N) is 2. The Labute approximate surface area is 139 Å². The maximum atomic E-state index is 13.5. The summed E-state index contributed by atoms with van der Waals surface area (Å²) >= 11 is 0. The summed E-state index contributed by atoms with van der Waals surface area (Å²) in [5.41, 5.74) is 5.31. The number of benzene rings is 2. The molecule has 2 aromatic carbocycles. The molecule has 1 unspecified atom stereocenters. The van der Waals surface area contributed by atoms with Gasteiger partial charge >= 0.3 is 0 Å². The van der Waals surface area contributed by atoms with Crippen molar-refractivity contribution in [1.82, 2.24) is 10.9 Å². The fourth-order valence-corrected chi connectivity index (χ4v) is 1.79. The van der Waals surface area contributed by atoms with Crippen LogP contribution in [0.1, 0.15) is 12.5 Å². The summed E-state index contributed by atoms with van der Waals surface area (Å²) in [6, 6.07) is 15.0. The molecule has 24 heavy (non-hydrogen) atoms. The van der Waals surface area contributed by atoms with Crippen molar-refractivity contribution in [1.29, 1.82) is 0 Å². The Kier molecular flexibility index (Phi) is 6.08. The molecule has 2 N–H and O–H groups in total. The van der Waals surface area contributed by atoms with Gasteiger partial charge in [-0.1, -0.05) is 42.5 Å². The third kappa shape index (κ3) is 5.24. The maximum absolute atomic E-state index is 13.5. The van der Waals surface area contributed by atoms with E-state index in [2.05, 4.69) is 10.9 Å². The molecule has 0 saturated carbocycles. The molecule has 0 bridgehead atoms. The second-order valence-electron chi connectivity index (χ2n) is 4.91. The van der Waals surface area contributed by atoms with Crippen molar-refractivity contribution in [3.05, 3.63) is 72.1 Å². The first-order valence-electron chi connectivity index (χ1n) is 7.30. The van der Waals surface area contributed by atoms with E-state index in [9.17, 15) is 14.0 Å². The Morgan fingerprint density at radius 2 is 1.71 bits per heavy atom. The van der Waals surface area contributed by atoms with Crippen LogP contribution in [0.25, 0.3) is 6.08 Å². The van der Waals surface area contributed by atoms with Gasteiger partial charge in [0.2, 0.25) is 0 Å². The molecule has 5 nitrogen and oxygen atoms in total. The second-order valence-corrected chi connectivity index (χ2v) is 4.91. The van der Waals surface area contributed by atoms with Gasteiger partial charge in [0, 0.05) is 6.08 Å². The standard InChI is InChI=1S/C18H17FN2O3/c1-13(24-16-10-6-5-9-15(16)19)18(23)21-20-17(22)12-11-14-7-3-2-4-8-14/h2-13H,1H3,(H,20,22)(H,21,23)/b12-11+. The molecule has 2 rings (SSSR count). The predicted molar refractivity (Wildman–Crippen MR) is 88.3 cm³/mol. The minimum absolute atomic E-state index is 0.0320. The van der Waals surface area contributed by atoms with Crippen LogP contribution >= 0.6 is 0 Å². The molecule has 0 aromatic heterocycles. The van der Waals surface area contributed by atoms with E-state index in [1.54, 1.807) is 12.1 Å². The van der Waals surface area contributed by atoms with Crippen LogP contribution in [0, 0.1) is 5.82 Å². The second kappa shape index (κ2) is 8.47. The summed E-state index contributed by atoms with van der Waals surface area (Å²) < 4.78 is 18.7. The number of amides is 2. The van der Waals surface area contributed by atoms with Gasteiger partial charge in [-0.05, 0) is 30.7 Å². The number of rotatable bonds is 5.